The van der Waals surface area contributed by atoms with Gasteiger partial charge in [-0.2, -0.15) is 8.78 Å². The van der Waals surface area contributed by atoms with Gasteiger partial charge in [-0.15, -0.1) is 0 Å². The minimum Gasteiger partial charge on any atom is -0.392 e. The van der Waals surface area contributed by atoms with Crippen LogP contribution < -0.4 is 5.32 Å². The third-order valence-electron chi connectivity index (χ3n) is 6.08. The van der Waals surface area contributed by atoms with Gasteiger partial charge in [-0.3, -0.25) is 9.59 Å². The van der Waals surface area contributed by atoms with Crippen molar-refractivity contribution >= 4 is 17.5 Å². The predicted molar refractivity (Wildman–Crippen MR) is 110 cm³/mol. The number of ether oxygens (including phenoxy) is 1. The fourth-order valence-corrected chi connectivity index (χ4v) is 4.23. The molecule has 0 radical (unpaired) electrons. The first-order chi connectivity index (χ1) is 15.6. The van der Waals surface area contributed by atoms with E-state index < -0.39 is 52.9 Å². The Labute approximate surface area is 187 Å². The van der Waals surface area contributed by atoms with E-state index in [1.165, 1.54) is 19.1 Å². The first-order valence-electron chi connectivity index (χ1n) is 10.4. The molecule has 2 aliphatic rings. The molecule has 2 atom stereocenters. The number of rotatable bonds is 4. The molecule has 2 unspecified atom stereocenters. The number of carbonyl (C=O) groups is 2. The first-order valence-corrected chi connectivity index (χ1v) is 10.4. The highest BCUT2D eigenvalue weighted by Crippen LogP contribution is 2.36. The second-order valence-corrected chi connectivity index (χ2v) is 8.45. The van der Waals surface area contributed by atoms with Crippen LogP contribution in [0.5, 0.6) is 0 Å². The first kappa shape index (κ1) is 23.2. The Balaban J connectivity index is 1.56. The number of piperidine rings is 1. The van der Waals surface area contributed by atoms with Crippen molar-refractivity contribution in [2.24, 2.45) is 11.8 Å². The number of benzene rings is 2. The normalized spacial score (nSPS) is 22.7. The van der Waals surface area contributed by atoms with Crippen molar-refractivity contribution < 1.29 is 37.0 Å². The standard InChI is InChI=1S/C23H22F4N2O4/c1-12-6-16(3-5-18(12)24)28-21(31)13-2-4-19(25)17(7-13)23(26,27)22(32)29-8-14-10-33-11-15(9-29)20(14)30/h2-7,14-15,20,30H,8-11H2,1H3,(H,28,31). The van der Waals surface area contributed by atoms with Crippen molar-refractivity contribution in [1.82, 2.24) is 4.90 Å². The van der Waals surface area contributed by atoms with Crippen molar-refractivity contribution in [1.29, 1.82) is 0 Å². The van der Waals surface area contributed by atoms with Crippen molar-refractivity contribution in [3.8, 4) is 0 Å². The average molecular weight is 466 g/mol. The quantitative estimate of drug-likeness (QED) is 0.679. The summed E-state index contributed by atoms with van der Waals surface area (Å²) in [7, 11) is 0. The summed E-state index contributed by atoms with van der Waals surface area (Å²) in [4.78, 5) is 26.1. The highest BCUT2D eigenvalue weighted by atomic mass is 19.3. The lowest BCUT2D eigenvalue weighted by molar-refractivity contribution is -0.175. The summed E-state index contributed by atoms with van der Waals surface area (Å²) in [6.07, 6.45) is -0.754. The molecule has 2 fully saturated rings. The topological polar surface area (TPSA) is 78.9 Å². The molecule has 0 spiro atoms. The summed E-state index contributed by atoms with van der Waals surface area (Å²) in [5.74, 6) is -9.46. The van der Waals surface area contributed by atoms with Gasteiger partial charge in [-0.05, 0) is 48.9 Å². The van der Waals surface area contributed by atoms with Crippen LogP contribution in [0.3, 0.4) is 0 Å². The zero-order chi connectivity index (χ0) is 23.9. The second kappa shape index (κ2) is 8.75. The molecule has 4 rings (SSSR count). The maximum Gasteiger partial charge on any atom is 0.352 e. The van der Waals surface area contributed by atoms with Gasteiger partial charge < -0.3 is 20.1 Å². The van der Waals surface area contributed by atoms with Crippen LogP contribution in [-0.2, 0) is 15.5 Å². The third-order valence-corrected chi connectivity index (χ3v) is 6.08. The van der Waals surface area contributed by atoms with Gasteiger partial charge in [-0.1, -0.05) is 0 Å². The molecular weight excluding hydrogens is 444 g/mol. The molecule has 2 amide bonds. The number of nitrogens with one attached hydrogen (secondary N) is 1. The van der Waals surface area contributed by atoms with Gasteiger partial charge in [0, 0.05) is 36.2 Å². The van der Waals surface area contributed by atoms with E-state index in [0.717, 1.165) is 17.0 Å². The number of alkyl halides is 2. The number of aliphatic hydroxyl groups excluding tert-OH is 1. The summed E-state index contributed by atoms with van der Waals surface area (Å²) in [6, 6.07) is 6.16. The number of nitrogens with zero attached hydrogens (tertiary/aromatic N) is 1. The van der Waals surface area contributed by atoms with Gasteiger partial charge in [0.25, 0.3) is 11.8 Å². The molecule has 2 N–H and O–H groups in total. The molecule has 2 aromatic rings. The summed E-state index contributed by atoms with van der Waals surface area (Å²) < 4.78 is 63.4. The largest absolute Gasteiger partial charge is 0.392 e. The number of aliphatic hydroxyl groups is 1. The van der Waals surface area contributed by atoms with E-state index in [-0.39, 0.29) is 43.1 Å². The highest BCUT2D eigenvalue weighted by Gasteiger charge is 2.50. The lowest BCUT2D eigenvalue weighted by atomic mass is 9.84. The molecule has 33 heavy (non-hydrogen) atoms. The number of likely N-dealkylation sites (tertiary alicyclic amines) is 1. The number of carbonyl (C=O) groups excluding carboxylic acids is 2. The van der Waals surface area contributed by atoms with Crippen molar-refractivity contribution in [2.45, 2.75) is 19.0 Å². The van der Waals surface area contributed by atoms with Crippen LogP contribution in [0.2, 0.25) is 0 Å². The zero-order valence-electron chi connectivity index (χ0n) is 17.7. The van der Waals surface area contributed by atoms with Crippen LogP contribution in [-0.4, -0.2) is 54.2 Å². The molecule has 2 aliphatic heterocycles. The molecule has 2 heterocycles. The van der Waals surface area contributed by atoms with Crippen LogP contribution >= 0.6 is 0 Å². The minimum absolute atomic E-state index is 0.139. The van der Waals surface area contributed by atoms with E-state index >= 15 is 8.78 Å². The van der Waals surface area contributed by atoms with Crippen LogP contribution in [0.25, 0.3) is 0 Å². The Bertz CT molecular complexity index is 1080. The van der Waals surface area contributed by atoms with Gasteiger partial charge in [0.05, 0.1) is 24.9 Å². The van der Waals surface area contributed by atoms with Crippen LogP contribution in [0.15, 0.2) is 36.4 Å². The number of aryl methyl sites for hydroxylation is 1. The fourth-order valence-electron chi connectivity index (χ4n) is 4.23. The van der Waals surface area contributed by atoms with Gasteiger partial charge in [0.15, 0.2) is 0 Å². The Morgan fingerprint density at radius 3 is 2.33 bits per heavy atom. The molecule has 176 valence electrons. The number of hydrogen-bond acceptors (Lipinski definition) is 4. The van der Waals surface area contributed by atoms with E-state index in [1.807, 2.05) is 0 Å². The van der Waals surface area contributed by atoms with E-state index in [4.69, 9.17) is 4.74 Å². The summed E-state index contributed by atoms with van der Waals surface area (Å²) >= 11 is 0. The van der Waals surface area contributed by atoms with Gasteiger partial charge in [-0.25, -0.2) is 8.78 Å². The Morgan fingerprint density at radius 1 is 1.06 bits per heavy atom. The van der Waals surface area contributed by atoms with E-state index in [0.29, 0.717) is 12.1 Å². The van der Waals surface area contributed by atoms with Crippen molar-refractivity contribution in [3.63, 3.8) is 0 Å². The van der Waals surface area contributed by atoms with E-state index in [9.17, 15) is 23.5 Å². The molecule has 2 saturated heterocycles. The number of halogens is 4. The lowest BCUT2D eigenvalue weighted by Crippen LogP contribution is -2.58. The van der Waals surface area contributed by atoms with Gasteiger partial charge >= 0.3 is 5.92 Å². The molecule has 10 heteroatoms. The average Bonchev–Trinajstić information content (AvgIpc) is 2.75. The van der Waals surface area contributed by atoms with Crippen LogP contribution in [0.1, 0.15) is 21.5 Å². The van der Waals surface area contributed by atoms with Gasteiger partial charge in [0.1, 0.15) is 11.6 Å². The maximum absolute atomic E-state index is 15.1. The van der Waals surface area contributed by atoms with Crippen LogP contribution in [0.4, 0.5) is 23.2 Å². The van der Waals surface area contributed by atoms with Crippen molar-refractivity contribution in [2.75, 3.05) is 31.6 Å². The summed E-state index contributed by atoms with van der Waals surface area (Å²) in [6.45, 7) is 1.49. The molecule has 0 saturated carbocycles. The zero-order valence-corrected chi connectivity index (χ0v) is 17.7. The van der Waals surface area contributed by atoms with Crippen molar-refractivity contribution in [3.05, 3.63) is 64.7 Å². The Kier molecular flexibility index (Phi) is 6.15. The number of anilines is 1. The molecular formula is C23H22F4N2O4. The SMILES string of the molecule is Cc1cc(NC(=O)c2ccc(F)c(C(F)(F)C(=O)N3CC4COCC(C3)C4O)c2)ccc1F. The number of amides is 2. The maximum atomic E-state index is 15.1. The highest BCUT2D eigenvalue weighted by molar-refractivity contribution is 6.04. The smallest absolute Gasteiger partial charge is 0.352 e. The van der Waals surface area contributed by atoms with E-state index in [2.05, 4.69) is 5.32 Å². The van der Waals surface area contributed by atoms with Crippen LogP contribution in [0, 0.1) is 30.4 Å². The Morgan fingerprint density at radius 2 is 1.70 bits per heavy atom. The second-order valence-electron chi connectivity index (χ2n) is 8.45. The Hall–Kier alpha value is -2.98. The summed E-state index contributed by atoms with van der Waals surface area (Å²) in [5.41, 5.74) is -1.01. The third kappa shape index (κ3) is 4.45. The molecule has 0 aromatic heterocycles. The molecule has 0 aliphatic carbocycles. The lowest BCUT2D eigenvalue weighted by Gasteiger charge is -2.45. The number of fused-ring (bicyclic) bond motifs is 2. The fraction of sp³-hybridized carbons (Fsp3) is 0.391. The molecule has 2 aromatic carbocycles. The van der Waals surface area contributed by atoms with Gasteiger partial charge in [0.2, 0.25) is 0 Å². The summed E-state index contributed by atoms with van der Waals surface area (Å²) in [5, 5.41) is 12.6. The number of hydrogen-bond donors (Lipinski definition) is 2. The van der Waals surface area contributed by atoms with E-state index in [1.54, 1.807) is 0 Å². The molecule has 2 bridgehead atoms. The predicted octanol–water partition coefficient (Wildman–Crippen LogP) is 3.08. The monoisotopic (exact) mass is 466 g/mol. The molecule has 6 nitrogen and oxygen atoms in total. The minimum atomic E-state index is -4.23.